The lowest BCUT2D eigenvalue weighted by atomic mass is 10.1. The van der Waals surface area contributed by atoms with Crippen LogP contribution in [-0.4, -0.2) is 25.4 Å². The van der Waals surface area contributed by atoms with Crippen LogP contribution in [0.2, 0.25) is 0 Å². The van der Waals surface area contributed by atoms with Crippen molar-refractivity contribution in [1.29, 1.82) is 0 Å². The molecule has 1 heterocycles. The molecule has 0 bridgehead atoms. The molecule has 4 heteroatoms. The van der Waals surface area contributed by atoms with Crippen LogP contribution in [0.15, 0.2) is 30.3 Å². The third-order valence-electron chi connectivity index (χ3n) is 2.81. The van der Waals surface area contributed by atoms with Gasteiger partial charge in [0.1, 0.15) is 0 Å². The van der Waals surface area contributed by atoms with Crippen LogP contribution < -0.4 is 10.2 Å². The number of hydrogen-bond donors (Lipinski definition) is 1. The summed E-state index contributed by atoms with van der Waals surface area (Å²) in [6.07, 6.45) is 0.300. The number of benzene rings is 1. The highest BCUT2D eigenvalue weighted by Crippen LogP contribution is 2.24. The second-order valence-electron chi connectivity index (χ2n) is 3.86. The molecule has 1 fully saturated rings. The zero-order valence-electron chi connectivity index (χ0n) is 9.14. The number of anilines is 1. The summed E-state index contributed by atoms with van der Waals surface area (Å²) in [5, 5.41) is 2.58. The van der Waals surface area contributed by atoms with Gasteiger partial charge in [-0.25, -0.2) is 0 Å². The first kappa shape index (κ1) is 10.7. The highest BCUT2D eigenvalue weighted by Gasteiger charge is 2.34. The fourth-order valence-corrected chi connectivity index (χ4v) is 1.94. The van der Waals surface area contributed by atoms with Crippen LogP contribution in [0.3, 0.4) is 0 Å². The van der Waals surface area contributed by atoms with Gasteiger partial charge in [0.05, 0.1) is 5.92 Å². The molecule has 1 N–H and O–H groups in total. The monoisotopic (exact) mass is 218 g/mol. The van der Waals surface area contributed by atoms with Crippen LogP contribution >= 0.6 is 0 Å². The van der Waals surface area contributed by atoms with Crippen molar-refractivity contribution in [3.05, 3.63) is 30.3 Å². The molecule has 84 valence electrons. The van der Waals surface area contributed by atoms with Crippen molar-refractivity contribution < 1.29 is 9.59 Å². The molecular formula is C12H14N2O2. The number of carbonyl (C=O) groups excluding carboxylic acids is 2. The quantitative estimate of drug-likeness (QED) is 0.797. The van der Waals surface area contributed by atoms with E-state index < -0.39 is 0 Å². The van der Waals surface area contributed by atoms with Crippen molar-refractivity contribution in [2.24, 2.45) is 5.92 Å². The number of nitrogens with zero attached hydrogens (tertiary/aromatic N) is 1. The van der Waals surface area contributed by atoms with Crippen molar-refractivity contribution in [3.8, 4) is 0 Å². The van der Waals surface area contributed by atoms with Crippen molar-refractivity contribution in [1.82, 2.24) is 5.32 Å². The van der Waals surface area contributed by atoms with Gasteiger partial charge in [-0.1, -0.05) is 18.2 Å². The van der Waals surface area contributed by atoms with Gasteiger partial charge >= 0.3 is 0 Å². The lowest BCUT2D eigenvalue weighted by Gasteiger charge is -2.16. The molecule has 1 saturated heterocycles. The predicted molar refractivity (Wildman–Crippen MR) is 61.0 cm³/mol. The Morgan fingerprint density at radius 3 is 2.69 bits per heavy atom. The van der Waals surface area contributed by atoms with E-state index in [1.807, 2.05) is 30.3 Å². The van der Waals surface area contributed by atoms with Crippen LogP contribution in [-0.2, 0) is 9.59 Å². The first-order chi connectivity index (χ1) is 7.72. The van der Waals surface area contributed by atoms with Gasteiger partial charge in [-0.2, -0.15) is 0 Å². The maximum atomic E-state index is 11.8. The van der Waals surface area contributed by atoms with Gasteiger partial charge in [0.15, 0.2) is 0 Å². The lowest BCUT2D eigenvalue weighted by molar-refractivity contribution is -0.125. The van der Waals surface area contributed by atoms with Gasteiger partial charge in [0.25, 0.3) is 0 Å². The first-order valence-corrected chi connectivity index (χ1v) is 5.29. The van der Waals surface area contributed by atoms with Gasteiger partial charge in [0, 0.05) is 25.7 Å². The average Bonchev–Trinajstić information content (AvgIpc) is 2.71. The zero-order valence-corrected chi connectivity index (χ0v) is 9.14. The molecule has 4 nitrogen and oxygen atoms in total. The molecule has 1 aromatic carbocycles. The highest BCUT2D eigenvalue weighted by molar-refractivity contribution is 6.00. The molecule has 1 unspecified atom stereocenters. The van der Waals surface area contributed by atoms with E-state index in [-0.39, 0.29) is 17.7 Å². The van der Waals surface area contributed by atoms with E-state index >= 15 is 0 Å². The van der Waals surface area contributed by atoms with E-state index in [4.69, 9.17) is 0 Å². The van der Waals surface area contributed by atoms with Crippen molar-refractivity contribution in [3.63, 3.8) is 0 Å². The molecule has 0 aromatic heterocycles. The smallest absolute Gasteiger partial charge is 0.227 e. The maximum Gasteiger partial charge on any atom is 0.227 e. The van der Waals surface area contributed by atoms with Gasteiger partial charge in [-0.05, 0) is 12.1 Å². The van der Waals surface area contributed by atoms with Crippen molar-refractivity contribution in [2.75, 3.05) is 18.5 Å². The maximum absolute atomic E-state index is 11.8. The minimum absolute atomic E-state index is 0.0137. The Labute approximate surface area is 94.2 Å². The van der Waals surface area contributed by atoms with Crippen LogP contribution in [0.25, 0.3) is 0 Å². The van der Waals surface area contributed by atoms with Gasteiger partial charge < -0.3 is 10.2 Å². The molecule has 1 atom stereocenters. The number of para-hydroxylation sites is 1. The minimum atomic E-state index is -0.224. The highest BCUT2D eigenvalue weighted by atomic mass is 16.2. The molecule has 1 aliphatic rings. The molecule has 2 rings (SSSR count). The van der Waals surface area contributed by atoms with E-state index in [1.54, 1.807) is 11.9 Å². The Bertz CT molecular complexity index is 403. The molecule has 0 saturated carbocycles. The summed E-state index contributed by atoms with van der Waals surface area (Å²) in [6.45, 7) is 0.475. The second kappa shape index (κ2) is 4.35. The first-order valence-electron chi connectivity index (χ1n) is 5.29. The van der Waals surface area contributed by atoms with Gasteiger partial charge in [-0.3, -0.25) is 9.59 Å². The second-order valence-corrected chi connectivity index (χ2v) is 3.86. The standard InChI is InChI=1S/C12H14N2O2/c1-13-12(16)9-7-11(15)14(8-9)10-5-3-2-4-6-10/h2-6,9H,7-8H2,1H3,(H,13,16). The Morgan fingerprint density at radius 2 is 2.06 bits per heavy atom. The minimum Gasteiger partial charge on any atom is -0.359 e. The average molecular weight is 218 g/mol. The normalized spacial score (nSPS) is 19.9. The SMILES string of the molecule is CNC(=O)C1CC(=O)N(c2ccccc2)C1. The summed E-state index contributed by atoms with van der Waals surface area (Å²) < 4.78 is 0. The molecule has 16 heavy (non-hydrogen) atoms. The molecule has 0 radical (unpaired) electrons. The van der Waals surface area contributed by atoms with E-state index in [0.717, 1.165) is 5.69 Å². The van der Waals surface area contributed by atoms with Crippen LogP contribution in [0.5, 0.6) is 0 Å². The largest absolute Gasteiger partial charge is 0.359 e. The summed E-state index contributed by atoms with van der Waals surface area (Å²) in [6, 6.07) is 9.43. The fourth-order valence-electron chi connectivity index (χ4n) is 1.94. The van der Waals surface area contributed by atoms with Gasteiger partial charge in [-0.15, -0.1) is 0 Å². The van der Waals surface area contributed by atoms with Crippen LogP contribution in [0, 0.1) is 5.92 Å². The number of hydrogen-bond acceptors (Lipinski definition) is 2. The van der Waals surface area contributed by atoms with E-state index in [9.17, 15) is 9.59 Å². The third-order valence-corrected chi connectivity index (χ3v) is 2.81. The Hall–Kier alpha value is -1.84. The molecule has 0 aliphatic carbocycles. The van der Waals surface area contributed by atoms with Gasteiger partial charge in [0.2, 0.25) is 11.8 Å². The molecule has 2 amide bonds. The fraction of sp³-hybridized carbons (Fsp3) is 0.333. The van der Waals surface area contributed by atoms with Crippen LogP contribution in [0.4, 0.5) is 5.69 Å². The summed E-state index contributed by atoms with van der Waals surface area (Å²) in [7, 11) is 1.60. The van der Waals surface area contributed by atoms with Crippen molar-refractivity contribution in [2.45, 2.75) is 6.42 Å². The lowest BCUT2D eigenvalue weighted by Crippen LogP contribution is -2.30. The summed E-state index contributed by atoms with van der Waals surface area (Å²) in [5.41, 5.74) is 0.860. The molecule has 1 aromatic rings. The van der Waals surface area contributed by atoms with Crippen molar-refractivity contribution >= 4 is 17.5 Å². The molecule has 0 spiro atoms. The Balaban J connectivity index is 2.14. The van der Waals surface area contributed by atoms with E-state index in [2.05, 4.69) is 5.32 Å². The Kier molecular flexibility index (Phi) is 2.90. The number of carbonyl (C=O) groups is 2. The third kappa shape index (κ3) is 1.91. The number of amides is 2. The summed E-state index contributed by atoms with van der Waals surface area (Å²) in [4.78, 5) is 24.9. The Morgan fingerprint density at radius 1 is 1.38 bits per heavy atom. The predicted octanol–water partition coefficient (Wildman–Crippen LogP) is 0.785. The summed E-state index contributed by atoms with van der Waals surface area (Å²) in [5.74, 6) is -0.274. The van der Waals surface area contributed by atoms with E-state index in [1.165, 1.54) is 0 Å². The zero-order chi connectivity index (χ0) is 11.5. The summed E-state index contributed by atoms with van der Waals surface area (Å²) >= 11 is 0. The number of rotatable bonds is 2. The molecule has 1 aliphatic heterocycles. The van der Waals surface area contributed by atoms with Crippen LogP contribution in [0.1, 0.15) is 6.42 Å². The molecular weight excluding hydrogens is 204 g/mol. The number of nitrogens with one attached hydrogen (secondary N) is 1. The topological polar surface area (TPSA) is 49.4 Å². The van der Waals surface area contributed by atoms with E-state index in [0.29, 0.717) is 13.0 Å².